The van der Waals surface area contributed by atoms with Crippen LogP contribution in [-0.2, 0) is 0 Å². The molecule has 0 spiro atoms. The summed E-state index contributed by atoms with van der Waals surface area (Å²) in [7, 11) is 0. The van der Waals surface area contributed by atoms with E-state index in [1.807, 2.05) is 20.8 Å². The van der Waals surface area contributed by atoms with Crippen LogP contribution in [0.15, 0.2) is 18.2 Å². The molecule has 4 heteroatoms. The van der Waals surface area contributed by atoms with Crippen molar-refractivity contribution in [2.75, 3.05) is 12.3 Å². The molecule has 0 saturated heterocycles. The third-order valence-electron chi connectivity index (χ3n) is 2.10. The van der Waals surface area contributed by atoms with E-state index in [2.05, 4.69) is 5.32 Å². The predicted molar refractivity (Wildman–Crippen MR) is 62.9 cm³/mol. The molecule has 0 aliphatic heterocycles. The second-order valence-electron chi connectivity index (χ2n) is 4.76. The van der Waals surface area contributed by atoms with Crippen LogP contribution in [0.5, 0.6) is 0 Å². The van der Waals surface area contributed by atoms with Crippen molar-refractivity contribution in [3.05, 3.63) is 29.6 Å². The monoisotopic (exact) mass is 224 g/mol. The Hall–Kier alpha value is -1.42. The van der Waals surface area contributed by atoms with Gasteiger partial charge in [0.05, 0.1) is 12.2 Å². The molecular weight excluding hydrogens is 207 g/mol. The van der Waals surface area contributed by atoms with Gasteiger partial charge in [0.1, 0.15) is 5.82 Å². The summed E-state index contributed by atoms with van der Waals surface area (Å²) in [5, 5.41) is 3.07. The molecule has 0 unspecified atom stereocenters. The lowest BCUT2D eigenvalue weighted by Gasteiger charge is -2.19. The minimum atomic E-state index is -0.500. The fourth-order valence-corrected chi connectivity index (χ4v) is 1.16. The Labute approximate surface area is 94.8 Å². The van der Waals surface area contributed by atoms with E-state index < -0.39 is 5.82 Å². The van der Waals surface area contributed by atoms with Crippen LogP contribution in [0.3, 0.4) is 0 Å². The predicted octanol–water partition coefficient (Wildman–Crippen LogP) is 1.98. The summed E-state index contributed by atoms with van der Waals surface area (Å²) in [5.74, 6) is -0.595. The zero-order chi connectivity index (χ0) is 12.3. The maximum absolute atomic E-state index is 12.9. The second kappa shape index (κ2) is 4.61. The van der Waals surface area contributed by atoms with Crippen molar-refractivity contribution in [3.63, 3.8) is 0 Å². The van der Waals surface area contributed by atoms with Crippen LogP contribution in [-0.4, -0.2) is 17.9 Å². The average molecular weight is 224 g/mol. The number of carbonyl (C=O) groups is 1. The van der Waals surface area contributed by atoms with Crippen molar-refractivity contribution in [2.45, 2.75) is 26.3 Å². The SMILES string of the molecule is CC(C)(C)NCC(=O)c1ccc(F)c(N)c1. The van der Waals surface area contributed by atoms with E-state index in [0.717, 1.165) is 0 Å². The Bertz CT molecular complexity index is 396. The van der Waals surface area contributed by atoms with Crippen molar-refractivity contribution >= 4 is 11.5 Å². The van der Waals surface area contributed by atoms with Gasteiger partial charge in [0.2, 0.25) is 0 Å². The van der Waals surface area contributed by atoms with Crippen LogP contribution in [0, 0.1) is 5.82 Å². The lowest BCUT2D eigenvalue weighted by molar-refractivity contribution is 0.0982. The number of benzene rings is 1. The number of carbonyl (C=O) groups excluding carboxylic acids is 1. The molecule has 3 N–H and O–H groups in total. The summed E-state index contributed by atoms with van der Waals surface area (Å²) < 4.78 is 12.9. The molecule has 0 aliphatic rings. The van der Waals surface area contributed by atoms with Crippen molar-refractivity contribution < 1.29 is 9.18 Å². The zero-order valence-electron chi connectivity index (χ0n) is 9.80. The van der Waals surface area contributed by atoms with Crippen LogP contribution < -0.4 is 11.1 Å². The standard InChI is InChI=1S/C12H17FN2O/c1-12(2,3)15-7-11(16)8-4-5-9(13)10(14)6-8/h4-6,15H,7,14H2,1-3H3. The first-order valence-electron chi connectivity index (χ1n) is 5.13. The number of hydrogen-bond donors (Lipinski definition) is 2. The molecule has 1 aromatic rings. The van der Waals surface area contributed by atoms with Gasteiger partial charge in [0, 0.05) is 11.1 Å². The molecule has 88 valence electrons. The number of nitrogen functional groups attached to an aromatic ring is 1. The number of nitrogens with one attached hydrogen (secondary N) is 1. The minimum Gasteiger partial charge on any atom is -0.396 e. The van der Waals surface area contributed by atoms with Crippen LogP contribution in [0.2, 0.25) is 0 Å². The molecule has 0 bridgehead atoms. The summed E-state index contributed by atoms with van der Waals surface area (Å²) in [6.45, 7) is 6.13. The molecule has 0 radical (unpaired) electrons. The normalized spacial score (nSPS) is 11.5. The lowest BCUT2D eigenvalue weighted by Crippen LogP contribution is -2.39. The number of halogens is 1. The van der Waals surface area contributed by atoms with Crippen LogP contribution in [0.1, 0.15) is 31.1 Å². The molecular formula is C12H17FN2O. The first-order valence-corrected chi connectivity index (χ1v) is 5.13. The Balaban J connectivity index is 2.70. The second-order valence-corrected chi connectivity index (χ2v) is 4.76. The molecule has 0 aromatic heterocycles. The van der Waals surface area contributed by atoms with E-state index in [0.29, 0.717) is 5.56 Å². The third-order valence-corrected chi connectivity index (χ3v) is 2.10. The molecule has 0 heterocycles. The molecule has 0 amide bonds. The highest BCUT2D eigenvalue weighted by atomic mass is 19.1. The van der Waals surface area contributed by atoms with Gasteiger partial charge in [-0.2, -0.15) is 0 Å². The van der Waals surface area contributed by atoms with Gasteiger partial charge >= 0.3 is 0 Å². The highest BCUT2D eigenvalue weighted by molar-refractivity contribution is 5.98. The molecule has 1 rings (SSSR count). The fourth-order valence-electron chi connectivity index (χ4n) is 1.16. The van der Waals surface area contributed by atoms with Crippen molar-refractivity contribution in [1.29, 1.82) is 0 Å². The van der Waals surface area contributed by atoms with E-state index in [1.165, 1.54) is 18.2 Å². The molecule has 0 fully saturated rings. The first kappa shape index (κ1) is 12.6. The van der Waals surface area contributed by atoms with Crippen molar-refractivity contribution in [3.8, 4) is 0 Å². The fraction of sp³-hybridized carbons (Fsp3) is 0.417. The van der Waals surface area contributed by atoms with Gasteiger partial charge in [-0.3, -0.25) is 4.79 Å². The van der Waals surface area contributed by atoms with Crippen molar-refractivity contribution in [2.24, 2.45) is 0 Å². The molecule has 0 saturated carbocycles. The Morgan fingerprint density at radius 3 is 2.56 bits per heavy atom. The third kappa shape index (κ3) is 3.62. The van der Waals surface area contributed by atoms with Crippen LogP contribution >= 0.6 is 0 Å². The van der Waals surface area contributed by atoms with E-state index in [9.17, 15) is 9.18 Å². The number of Topliss-reactive ketones (excluding diaryl/α,β-unsaturated/α-hetero) is 1. The Morgan fingerprint density at radius 1 is 1.44 bits per heavy atom. The van der Waals surface area contributed by atoms with Crippen LogP contribution in [0.4, 0.5) is 10.1 Å². The van der Waals surface area contributed by atoms with E-state index in [4.69, 9.17) is 5.73 Å². The summed E-state index contributed by atoms with van der Waals surface area (Å²) in [5.41, 5.74) is 5.70. The highest BCUT2D eigenvalue weighted by Gasteiger charge is 2.13. The van der Waals surface area contributed by atoms with Gasteiger partial charge in [-0.1, -0.05) is 0 Å². The largest absolute Gasteiger partial charge is 0.396 e. The maximum Gasteiger partial charge on any atom is 0.176 e. The first-order chi connectivity index (χ1) is 7.29. The summed E-state index contributed by atoms with van der Waals surface area (Å²) in [6.07, 6.45) is 0. The van der Waals surface area contributed by atoms with Crippen molar-refractivity contribution in [1.82, 2.24) is 5.32 Å². The van der Waals surface area contributed by atoms with Crippen LogP contribution in [0.25, 0.3) is 0 Å². The quantitative estimate of drug-likeness (QED) is 0.609. The summed E-state index contributed by atoms with van der Waals surface area (Å²) in [6, 6.07) is 4.01. The van der Waals surface area contributed by atoms with E-state index in [1.54, 1.807) is 0 Å². The topological polar surface area (TPSA) is 55.1 Å². The number of ketones is 1. The number of hydrogen-bond acceptors (Lipinski definition) is 3. The van der Waals surface area contributed by atoms with Gasteiger partial charge in [-0.05, 0) is 39.0 Å². The summed E-state index contributed by atoms with van der Waals surface area (Å²) >= 11 is 0. The Morgan fingerprint density at radius 2 is 2.06 bits per heavy atom. The smallest absolute Gasteiger partial charge is 0.176 e. The van der Waals surface area contributed by atoms with E-state index >= 15 is 0 Å². The van der Waals surface area contributed by atoms with Gasteiger partial charge in [0.15, 0.2) is 5.78 Å². The number of rotatable bonds is 3. The zero-order valence-corrected chi connectivity index (χ0v) is 9.80. The number of nitrogens with two attached hydrogens (primary N) is 1. The van der Waals surface area contributed by atoms with Gasteiger partial charge in [-0.15, -0.1) is 0 Å². The highest BCUT2D eigenvalue weighted by Crippen LogP contribution is 2.12. The molecule has 3 nitrogen and oxygen atoms in total. The molecule has 1 aromatic carbocycles. The van der Waals surface area contributed by atoms with Gasteiger partial charge < -0.3 is 11.1 Å². The number of anilines is 1. The molecule has 0 atom stereocenters. The molecule has 16 heavy (non-hydrogen) atoms. The minimum absolute atomic E-state index is 0.00149. The maximum atomic E-state index is 12.9. The Kier molecular flexibility index (Phi) is 3.65. The summed E-state index contributed by atoms with van der Waals surface area (Å²) in [4.78, 5) is 11.7. The lowest BCUT2D eigenvalue weighted by atomic mass is 10.1. The van der Waals surface area contributed by atoms with Gasteiger partial charge in [-0.25, -0.2) is 4.39 Å². The molecule has 0 aliphatic carbocycles. The average Bonchev–Trinajstić information content (AvgIpc) is 2.17. The van der Waals surface area contributed by atoms with Gasteiger partial charge in [0.25, 0.3) is 0 Å². The van der Waals surface area contributed by atoms with E-state index in [-0.39, 0.29) is 23.6 Å².